The van der Waals surface area contributed by atoms with Crippen LogP contribution in [-0.4, -0.2) is 26.7 Å². The van der Waals surface area contributed by atoms with Crippen molar-refractivity contribution in [2.24, 2.45) is 7.05 Å². The maximum atomic E-state index is 10.8. The van der Waals surface area contributed by atoms with Crippen LogP contribution in [-0.2, 0) is 13.6 Å². The summed E-state index contributed by atoms with van der Waals surface area (Å²) in [6.07, 6.45) is 1.69. The van der Waals surface area contributed by atoms with E-state index in [1.807, 2.05) is 13.1 Å². The Morgan fingerprint density at radius 2 is 2.16 bits per heavy atom. The molecule has 0 atom stereocenters. The molecule has 0 aliphatic rings. The first-order valence-corrected chi connectivity index (χ1v) is 5.65. The molecule has 0 aliphatic heterocycles. The Morgan fingerprint density at radius 1 is 1.42 bits per heavy atom. The predicted octanol–water partition coefficient (Wildman–Crippen LogP) is 1.38. The van der Waals surface area contributed by atoms with Crippen molar-refractivity contribution >= 4 is 17.3 Å². The lowest BCUT2D eigenvalue weighted by molar-refractivity contribution is -0.384. The number of aromatic nitrogens is 3. The maximum absolute atomic E-state index is 10.8. The van der Waals surface area contributed by atoms with Gasteiger partial charge in [-0.25, -0.2) is 4.98 Å². The van der Waals surface area contributed by atoms with Crippen LogP contribution in [0.15, 0.2) is 24.4 Å². The van der Waals surface area contributed by atoms with E-state index in [1.54, 1.807) is 17.9 Å². The van der Waals surface area contributed by atoms with Gasteiger partial charge >= 0.3 is 0 Å². The SMILES string of the molecule is CNc1cc([N+](=O)[O-])cc(NCc2ccnn2C)n1. The van der Waals surface area contributed by atoms with E-state index >= 15 is 0 Å². The molecule has 0 fully saturated rings. The number of hydrogen-bond acceptors (Lipinski definition) is 6. The van der Waals surface area contributed by atoms with Crippen molar-refractivity contribution in [3.8, 4) is 0 Å². The summed E-state index contributed by atoms with van der Waals surface area (Å²) in [5.74, 6) is 0.890. The second-order valence-corrected chi connectivity index (χ2v) is 3.90. The molecule has 0 aromatic carbocycles. The Bertz CT molecular complexity index is 595. The highest BCUT2D eigenvalue weighted by molar-refractivity contribution is 5.54. The molecule has 0 amide bonds. The first kappa shape index (κ1) is 12.8. The maximum Gasteiger partial charge on any atom is 0.276 e. The second kappa shape index (κ2) is 5.34. The van der Waals surface area contributed by atoms with Crippen LogP contribution in [0.1, 0.15) is 5.69 Å². The Kier molecular flexibility index (Phi) is 3.60. The van der Waals surface area contributed by atoms with Gasteiger partial charge in [-0.1, -0.05) is 0 Å². The summed E-state index contributed by atoms with van der Waals surface area (Å²) in [5, 5.41) is 20.7. The van der Waals surface area contributed by atoms with E-state index in [4.69, 9.17) is 0 Å². The fraction of sp³-hybridized carbons (Fsp3) is 0.273. The van der Waals surface area contributed by atoms with E-state index in [0.29, 0.717) is 18.2 Å². The van der Waals surface area contributed by atoms with Gasteiger partial charge in [0.1, 0.15) is 11.6 Å². The van der Waals surface area contributed by atoms with Crippen molar-refractivity contribution in [2.45, 2.75) is 6.54 Å². The van der Waals surface area contributed by atoms with Gasteiger partial charge in [-0.15, -0.1) is 0 Å². The number of nitro groups is 1. The van der Waals surface area contributed by atoms with Crippen LogP contribution in [0.5, 0.6) is 0 Å². The Morgan fingerprint density at radius 3 is 2.74 bits per heavy atom. The third kappa shape index (κ3) is 2.97. The van der Waals surface area contributed by atoms with Gasteiger partial charge in [0, 0.05) is 20.3 Å². The molecule has 100 valence electrons. The molecule has 2 aromatic heterocycles. The summed E-state index contributed by atoms with van der Waals surface area (Å²) in [5.41, 5.74) is 0.950. The molecule has 8 nitrogen and oxygen atoms in total. The number of pyridine rings is 1. The molecule has 2 rings (SSSR count). The number of anilines is 2. The van der Waals surface area contributed by atoms with Gasteiger partial charge in [0.15, 0.2) is 0 Å². The standard InChI is InChI=1S/C11H14N6O2/c1-12-10-5-9(17(18)19)6-11(15-10)13-7-8-3-4-14-16(8)2/h3-6H,7H2,1-2H3,(H2,12,13,15). The molecule has 0 aliphatic carbocycles. The highest BCUT2D eigenvalue weighted by Crippen LogP contribution is 2.20. The molecule has 19 heavy (non-hydrogen) atoms. The van der Waals surface area contributed by atoms with Crippen molar-refractivity contribution in [3.05, 3.63) is 40.2 Å². The van der Waals surface area contributed by atoms with Gasteiger partial charge < -0.3 is 10.6 Å². The van der Waals surface area contributed by atoms with Gasteiger partial charge in [-0.05, 0) is 6.07 Å². The fourth-order valence-corrected chi connectivity index (χ4v) is 1.60. The number of aryl methyl sites for hydroxylation is 1. The molecular formula is C11H14N6O2. The number of nitrogens with zero attached hydrogens (tertiary/aromatic N) is 4. The lowest BCUT2D eigenvalue weighted by atomic mass is 10.3. The minimum absolute atomic E-state index is 0.00754. The molecule has 8 heteroatoms. The largest absolute Gasteiger partial charge is 0.373 e. The summed E-state index contributed by atoms with van der Waals surface area (Å²) in [7, 11) is 3.49. The lowest BCUT2D eigenvalue weighted by Gasteiger charge is -2.07. The van der Waals surface area contributed by atoms with Crippen molar-refractivity contribution in [3.63, 3.8) is 0 Å². The quantitative estimate of drug-likeness (QED) is 0.624. The van der Waals surface area contributed by atoms with Crippen LogP contribution in [0.2, 0.25) is 0 Å². The third-order valence-corrected chi connectivity index (χ3v) is 2.65. The predicted molar refractivity (Wildman–Crippen MR) is 71.0 cm³/mol. The zero-order chi connectivity index (χ0) is 13.8. The molecular weight excluding hydrogens is 248 g/mol. The zero-order valence-electron chi connectivity index (χ0n) is 10.6. The van der Waals surface area contributed by atoms with Crippen molar-refractivity contribution in [1.29, 1.82) is 0 Å². The third-order valence-electron chi connectivity index (χ3n) is 2.65. The molecule has 0 spiro atoms. The molecule has 0 saturated heterocycles. The lowest BCUT2D eigenvalue weighted by Crippen LogP contribution is -2.07. The van der Waals surface area contributed by atoms with E-state index < -0.39 is 4.92 Å². The van der Waals surface area contributed by atoms with E-state index in [9.17, 15) is 10.1 Å². The van der Waals surface area contributed by atoms with Gasteiger partial charge in [-0.2, -0.15) is 5.10 Å². The fourth-order valence-electron chi connectivity index (χ4n) is 1.60. The van der Waals surface area contributed by atoms with Crippen LogP contribution in [0.4, 0.5) is 17.3 Å². The highest BCUT2D eigenvalue weighted by atomic mass is 16.6. The van der Waals surface area contributed by atoms with E-state index in [1.165, 1.54) is 12.1 Å². The van der Waals surface area contributed by atoms with Crippen molar-refractivity contribution in [2.75, 3.05) is 17.7 Å². The molecule has 0 radical (unpaired) electrons. The Labute approximate surface area is 109 Å². The van der Waals surface area contributed by atoms with E-state index in [-0.39, 0.29) is 5.69 Å². The average Bonchev–Trinajstić information content (AvgIpc) is 2.81. The first-order valence-electron chi connectivity index (χ1n) is 5.65. The minimum atomic E-state index is -0.447. The number of nitrogens with one attached hydrogen (secondary N) is 2. The molecule has 0 saturated carbocycles. The van der Waals surface area contributed by atoms with Gasteiger partial charge in [0.2, 0.25) is 0 Å². The number of rotatable bonds is 5. The van der Waals surface area contributed by atoms with E-state index in [2.05, 4.69) is 20.7 Å². The summed E-state index contributed by atoms with van der Waals surface area (Å²) in [6.45, 7) is 0.494. The zero-order valence-corrected chi connectivity index (χ0v) is 10.6. The van der Waals surface area contributed by atoms with Gasteiger partial charge in [0.05, 0.1) is 29.3 Å². The van der Waals surface area contributed by atoms with Crippen LogP contribution in [0, 0.1) is 10.1 Å². The summed E-state index contributed by atoms with van der Waals surface area (Å²) < 4.78 is 1.73. The Balaban J connectivity index is 2.17. The average molecular weight is 262 g/mol. The van der Waals surface area contributed by atoms with Crippen LogP contribution in [0.25, 0.3) is 0 Å². The highest BCUT2D eigenvalue weighted by Gasteiger charge is 2.10. The molecule has 2 heterocycles. The van der Waals surface area contributed by atoms with Crippen LogP contribution >= 0.6 is 0 Å². The second-order valence-electron chi connectivity index (χ2n) is 3.90. The van der Waals surface area contributed by atoms with Crippen molar-refractivity contribution in [1.82, 2.24) is 14.8 Å². The number of hydrogen-bond donors (Lipinski definition) is 2. The van der Waals surface area contributed by atoms with Crippen molar-refractivity contribution < 1.29 is 4.92 Å². The smallest absolute Gasteiger partial charge is 0.276 e. The minimum Gasteiger partial charge on any atom is -0.373 e. The first-order chi connectivity index (χ1) is 9.10. The van der Waals surface area contributed by atoms with Gasteiger partial charge in [0.25, 0.3) is 5.69 Å². The van der Waals surface area contributed by atoms with Crippen LogP contribution in [0.3, 0.4) is 0 Å². The summed E-state index contributed by atoms with van der Waals surface area (Å²) in [6, 6.07) is 4.65. The van der Waals surface area contributed by atoms with E-state index in [0.717, 1.165) is 5.69 Å². The molecule has 2 aromatic rings. The van der Waals surface area contributed by atoms with Crippen LogP contribution < -0.4 is 10.6 Å². The summed E-state index contributed by atoms with van der Waals surface area (Å²) >= 11 is 0. The van der Waals surface area contributed by atoms with Gasteiger partial charge in [-0.3, -0.25) is 14.8 Å². The topological polar surface area (TPSA) is 97.9 Å². The molecule has 2 N–H and O–H groups in total. The molecule has 0 unspecified atom stereocenters. The normalized spacial score (nSPS) is 10.2. The molecule has 0 bridgehead atoms. The Hall–Kier alpha value is -2.64. The monoisotopic (exact) mass is 262 g/mol. The summed E-state index contributed by atoms with van der Waals surface area (Å²) in [4.78, 5) is 14.6.